The first-order valence-corrected chi connectivity index (χ1v) is 12.2. The van der Waals surface area contributed by atoms with E-state index in [1.54, 1.807) is 25.3 Å². The Morgan fingerprint density at radius 1 is 1.17 bits per heavy atom. The number of amides is 1. The first kappa shape index (κ1) is 24.7. The zero-order valence-corrected chi connectivity index (χ0v) is 20.1. The molecule has 4 rings (SSSR count). The maximum atomic E-state index is 12.8. The molecule has 0 saturated carbocycles. The third-order valence-electron chi connectivity index (χ3n) is 6.52. The monoisotopic (exact) mass is 479 g/mol. The second-order valence-corrected chi connectivity index (χ2v) is 9.16. The predicted molar refractivity (Wildman–Crippen MR) is 134 cm³/mol. The minimum absolute atomic E-state index is 0.0256. The molecule has 0 aromatic heterocycles. The Balaban J connectivity index is 1.39. The number of benzene rings is 2. The average Bonchev–Trinajstić information content (AvgIpc) is 2.87. The summed E-state index contributed by atoms with van der Waals surface area (Å²) in [6.07, 6.45) is 6.48. The molecule has 1 saturated heterocycles. The van der Waals surface area contributed by atoms with Gasteiger partial charge < -0.3 is 19.9 Å². The standard InChI is InChI=1S/C27H33N3O5/c1-34-14-11-25-22(17-26(31)32)15-21-16-23(9-10-24(21)35-25)29-27(33)20-7-5-19(6-8-20)18-28-30-12-3-2-4-13-30/h5-10,16,18,22,25H,2-4,11-15,17H2,1H3,(H,29,33)(H,31,32). The highest BCUT2D eigenvalue weighted by molar-refractivity contribution is 6.04. The van der Waals surface area contributed by atoms with Gasteiger partial charge in [0.25, 0.3) is 5.91 Å². The van der Waals surface area contributed by atoms with Crippen LogP contribution in [0.3, 0.4) is 0 Å². The number of nitrogens with one attached hydrogen (secondary N) is 1. The normalized spacial score (nSPS) is 19.7. The van der Waals surface area contributed by atoms with Gasteiger partial charge in [0.15, 0.2) is 0 Å². The third-order valence-corrected chi connectivity index (χ3v) is 6.52. The molecule has 0 spiro atoms. The van der Waals surface area contributed by atoms with Crippen LogP contribution in [-0.4, -0.2) is 61.1 Å². The first-order chi connectivity index (χ1) is 17.0. The smallest absolute Gasteiger partial charge is 0.303 e. The first-order valence-electron chi connectivity index (χ1n) is 12.2. The molecular weight excluding hydrogens is 446 g/mol. The van der Waals surface area contributed by atoms with Gasteiger partial charge in [-0.2, -0.15) is 5.10 Å². The molecule has 2 heterocycles. The molecule has 2 N–H and O–H groups in total. The Kier molecular flexibility index (Phi) is 8.36. The van der Waals surface area contributed by atoms with Crippen molar-refractivity contribution in [3.05, 3.63) is 59.2 Å². The van der Waals surface area contributed by atoms with Crippen LogP contribution in [0.4, 0.5) is 5.69 Å². The van der Waals surface area contributed by atoms with Crippen LogP contribution < -0.4 is 10.1 Å². The number of carbonyl (C=O) groups is 2. The summed E-state index contributed by atoms with van der Waals surface area (Å²) >= 11 is 0. The van der Waals surface area contributed by atoms with E-state index in [0.717, 1.165) is 30.0 Å². The summed E-state index contributed by atoms with van der Waals surface area (Å²) < 4.78 is 11.3. The fourth-order valence-corrected chi connectivity index (χ4v) is 4.63. The van der Waals surface area contributed by atoms with Crippen LogP contribution in [0.1, 0.15) is 53.6 Å². The number of carboxylic acids is 1. The molecule has 186 valence electrons. The van der Waals surface area contributed by atoms with E-state index in [0.29, 0.717) is 30.7 Å². The van der Waals surface area contributed by atoms with Gasteiger partial charge in [-0.15, -0.1) is 0 Å². The molecule has 8 heteroatoms. The molecule has 2 atom stereocenters. The zero-order chi connectivity index (χ0) is 24.6. The van der Waals surface area contributed by atoms with Gasteiger partial charge in [0.05, 0.1) is 12.6 Å². The third kappa shape index (κ3) is 6.82. The molecule has 1 amide bonds. The van der Waals surface area contributed by atoms with Crippen molar-refractivity contribution < 1.29 is 24.2 Å². The maximum absolute atomic E-state index is 12.8. The number of piperidine rings is 1. The Hall–Kier alpha value is -3.39. The molecule has 2 aliphatic heterocycles. The maximum Gasteiger partial charge on any atom is 0.303 e. The van der Waals surface area contributed by atoms with Crippen LogP contribution in [-0.2, 0) is 16.0 Å². The van der Waals surface area contributed by atoms with Gasteiger partial charge >= 0.3 is 5.97 Å². The van der Waals surface area contributed by atoms with E-state index < -0.39 is 5.97 Å². The number of nitrogens with zero attached hydrogens (tertiary/aromatic N) is 2. The van der Waals surface area contributed by atoms with Crippen molar-refractivity contribution >= 4 is 23.8 Å². The number of hydrazone groups is 1. The van der Waals surface area contributed by atoms with Gasteiger partial charge in [-0.1, -0.05) is 12.1 Å². The highest BCUT2D eigenvalue weighted by Crippen LogP contribution is 2.35. The second kappa shape index (κ2) is 11.8. The largest absolute Gasteiger partial charge is 0.490 e. The number of hydrogen-bond acceptors (Lipinski definition) is 6. The topological polar surface area (TPSA) is 100 Å². The van der Waals surface area contributed by atoms with E-state index in [2.05, 4.69) is 15.4 Å². The number of carbonyl (C=O) groups excluding carboxylic acids is 1. The minimum atomic E-state index is -0.849. The van der Waals surface area contributed by atoms with Crippen LogP contribution in [0.15, 0.2) is 47.6 Å². The SMILES string of the molecule is COCCC1Oc2ccc(NC(=O)c3ccc(C=NN4CCCCC4)cc3)cc2CC1CC(=O)O. The summed E-state index contributed by atoms with van der Waals surface area (Å²) in [6, 6.07) is 12.9. The molecular formula is C27H33N3O5. The van der Waals surface area contributed by atoms with Crippen molar-refractivity contribution in [1.29, 1.82) is 0 Å². The zero-order valence-electron chi connectivity index (χ0n) is 20.1. The van der Waals surface area contributed by atoms with Crippen molar-refractivity contribution in [1.82, 2.24) is 5.01 Å². The van der Waals surface area contributed by atoms with Crippen LogP contribution in [0.25, 0.3) is 0 Å². The molecule has 0 aliphatic carbocycles. The molecule has 2 aliphatic rings. The van der Waals surface area contributed by atoms with Crippen molar-refractivity contribution in [3.63, 3.8) is 0 Å². The quantitative estimate of drug-likeness (QED) is 0.523. The van der Waals surface area contributed by atoms with Gasteiger partial charge in [-0.3, -0.25) is 14.6 Å². The molecule has 35 heavy (non-hydrogen) atoms. The van der Waals surface area contributed by atoms with Crippen LogP contribution >= 0.6 is 0 Å². The predicted octanol–water partition coefficient (Wildman–Crippen LogP) is 4.19. The molecule has 2 unspecified atom stereocenters. The van der Waals surface area contributed by atoms with Gasteiger partial charge in [-0.05, 0) is 67.1 Å². The number of carboxylic acid groups (broad SMARTS) is 1. The van der Waals surface area contributed by atoms with E-state index in [1.165, 1.54) is 19.3 Å². The summed E-state index contributed by atoms with van der Waals surface area (Å²) in [6.45, 7) is 2.49. The molecule has 0 bridgehead atoms. The summed E-state index contributed by atoms with van der Waals surface area (Å²) in [7, 11) is 1.62. The highest BCUT2D eigenvalue weighted by Gasteiger charge is 2.31. The van der Waals surface area contributed by atoms with E-state index in [-0.39, 0.29) is 24.3 Å². The van der Waals surface area contributed by atoms with Crippen molar-refractivity contribution in [2.24, 2.45) is 11.0 Å². The summed E-state index contributed by atoms with van der Waals surface area (Å²) in [4.78, 5) is 24.2. The Labute approximate surface area is 205 Å². The summed E-state index contributed by atoms with van der Waals surface area (Å²) in [5.74, 6) is -0.483. The second-order valence-electron chi connectivity index (χ2n) is 9.16. The lowest BCUT2D eigenvalue weighted by molar-refractivity contribution is -0.139. The molecule has 0 radical (unpaired) electrons. The van der Waals surface area contributed by atoms with Crippen LogP contribution in [0, 0.1) is 5.92 Å². The average molecular weight is 480 g/mol. The Morgan fingerprint density at radius 3 is 2.66 bits per heavy atom. The lowest BCUT2D eigenvalue weighted by Crippen LogP contribution is -2.35. The highest BCUT2D eigenvalue weighted by atomic mass is 16.5. The summed E-state index contributed by atoms with van der Waals surface area (Å²) in [5.41, 5.74) is 3.05. The van der Waals surface area contributed by atoms with Gasteiger partial charge in [0, 0.05) is 50.4 Å². The van der Waals surface area contributed by atoms with Gasteiger partial charge in [0.2, 0.25) is 0 Å². The number of rotatable bonds is 9. The van der Waals surface area contributed by atoms with E-state index >= 15 is 0 Å². The van der Waals surface area contributed by atoms with E-state index in [4.69, 9.17) is 9.47 Å². The molecule has 1 fully saturated rings. The number of hydrogen-bond donors (Lipinski definition) is 2. The van der Waals surface area contributed by atoms with Crippen molar-refractivity contribution in [2.45, 2.75) is 44.6 Å². The molecule has 8 nitrogen and oxygen atoms in total. The minimum Gasteiger partial charge on any atom is -0.490 e. The van der Waals surface area contributed by atoms with Crippen molar-refractivity contribution in [3.8, 4) is 5.75 Å². The van der Waals surface area contributed by atoms with Crippen LogP contribution in [0.5, 0.6) is 5.75 Å². The van der Waals surface area contributed by atoms with Crippen molar-refractivity contribution in [2.75, 3.05) is 32.1 Å². The fraction of sp³-hybridized carbons (Fsp3) is 0.444. The summed E-state index contributed by atoms with van der Waals surface area (Å²) in [5, 5.41) is 18.9. The molecule has 2 aromatic rings. The number of methoxy groups -OCH3 is 1. The lowest BCUT2D eigenvalue weighted by atomic mass is 9.86. The number of anilines is 1. The van der Waals surface area contributed by atoms with E-state index in [9.17, 15) is 14.7 Å². The van der Waals surface area contributed by atoms with Gasteiger partial charge in [0.1, 0.15) is 11.9 Å². The number of aliphatic carboxylic acids is 1. The van der Waals surface area contributed by atoms with E-state index in [1.807, 2.05) is 30.5 Å². The number of fused-ring (bicyclic) bond motifs is 1. The Morgan fingerprint density at radius 2 is 1.94 bits per heavy atom. The lowest BCUT2D eigenvalue weighted by Gasteiger charge is -2.33. The number of ether oxygens (including phenoxy) is 2. The Bertz CT molecular complexity index is 1050. The van der Waals surface area contributed by atoms with Gasteiger partial charge in [-0.25, -0.2) is 0 Å². The molecule has 2 aromatic carbocycles. The fourth-order valence-electron chi connectivity index (χ4n) is 4.63. The van der Waals surface area contributed by atoms with Crippen LogP contribution in [0.2, 0.25) is 0 Å².